The minimum Gasteiger partial charge on any atom is -0.342 e. The number of nitrogens with one attached hydrogen (secondary N) is 1. The Balaban J connectivity index is 1.71. The first-order valence-electron chi connectivity index (χ1n) is 10.1. The zero-order chi connectivity index (χ0) is 20.9. The molecule has 158 valence electrons. The summed E-state index contributed by atoms with van der Waals surface area (Å²) in [5.41, 5.74) is 0.988. The molecule has 1 unspecified atom stereocenters. The summed E-state index contributed by atoms with van der Waals surface area (Å²) in [5.74, 6) is 0.110. The molecule has 0 bridgehead atoms. The van der Waals surface area contributed by atoms with Crippen molar-refractivity contribution in [3.63, 3.8) is 0 Å². The van der Waals surface area contributed by atoms with E-state index < -0.39 is 10.0 Å². The van der Waals surface area contributed by atoms with Gasteiger partial charge in [-0.1, -0.05) is 36.4 Å². The standard InChI is InChI=1S/C21H29N3O3S2/c1-3-23(4-2)21(25)20(17-9-6-5-7-10-17)24-14-12-18(13-15-24)22-29(26,27)19-11-8-16-28-19/h5-11,16,18,20,22H,3-4,12-15H2,1-2H3. The second-order valence-corrected chi connectivity index (χ2v) is 10.1. The van der Waals surface area contributed by atoms with Crippen LogP contribution < -0.4 is 4.72 Å². The SMILES string of the molecule is CCN(CC)C(=O)C(c1ccccc1)N1CCC(NS(=O)(=O)c2cccs2)CC1. The maximum atomic E-state index is 13.2. The van der Waals surface area contributed by atoms with Gasteiger partial charge in [0, 0.05) is 32.2 Å². The van der Waals surface area contributed by atoms with Crippen LogP contribution >= 0.6 is 11.3 Å². The molecular weight excluding hydrogens is 406 g/mol. The third-order valence-corrected chi connectivity index (χ3v) is 8.32. The summed E-state index contributed by atoms with van der Waals surface area (Å²) in [6.45, 7) is 6.68. The zero-order valence-corrected chi connectivity index (χ0v) is 18.6. The number of thiophene rings is 1. The van der Waals surface area contributed by atoms with Crippen LogP contribution in [0.2, 0.25) is 0 Å². The fourth-order valence-electron chi connectivity index (χ4n) is 3.82. The van der Waals surface area contributed by atoms with E-state index in [0.29, 0.717) is 43.2 Å². The highest BCUT2D eigenvalue weighted by Crippen LogP contribution is 2.27. The van der Waals surface area contributed by atoms with Gasteiger partial charge in [-0.05, 0) is 43.7 Å². The molecule has 0 aliphatic carbocycles. The van der Waals surface area contributed by atoms with E-state index in [1.54, 1.807) is 17.5 Å². The maximum Gasteiger partial charge on any atom is 0.250 e. The van der Waals surface area contributed by atoms with Crippen molar-refractivity contribution in [2.24, 2.45) is 0 Å². The van der Waals surface area contributed by atoms with E-state index in [4.69, 9.17) is 0 Å². The molecule has 2 aromatic rings. The molecule has 6 nitrogen and oxygen atoms in total. The lowest BCUT2D eigenvalue weighted by molar-refractivity contribution is -0.137. The predicted molar refractivity (Wildman–Crippen MR) is 116 cm³/mol. The Morgan fingerprint density at radius 2 is 1.79 bits per heavy atom. The number of likely N-dealkylation sites (tertiary alicyclic amines) is 1. The maximum absolute atomic E-state index is 13.2. The minimum absolute atomic E-state index is 0.110. The molecule has 1 amide bonds. The van der Waals surface area contributed by atoms with E-state index >= 15 is 0 Å². The molecular formula is C21H29N3O3S2. The lowest BCUT2D eigenvalue weighted by Crippen LogP contribution is -2.49. The molecule has 1 N–H and O–H groups in total. The van der Waals surface area contributed by atoms with Crippen LogP contribution in [-0.2, 0) is 14.8 Å². The van der Waals surface area contributed by atoms with Crippen LogP contribution in [-0.4, -0.2) is 56.3 Å². The van der Waals surface area contributed by atoms with Gasteiger partial charge in [0.25, 0.3) is 0 Å². The molecule has 1 fully saturated rings. The molecule has 1 atom stereocenters. The monoisotopic (exact) mass is 435 g/mol. The molecule has 8 heteroatoms. The Morgan fingerprint density at radius 1 is 1.14 bits per heavy atom. The van der Waals surface area contributed by atoms with Gasteiger partial charge in [-0.15, -0.1) is 11.3 Å². The molecule has 1 saturated heterocycles. The molecule has 3 rings (SSSR count). The van der Waals surface area contributed by atoms with Gasteiger partial charge in [0.05, 0.1) is 0 Å². The molecule has 1 aromatic carbocycles. The van der Waals surface area contributed by atoms with Gasteiger partial charge >= 0.3 is 0 Å². The van der Waals surface area contributed by atoms with Crippen molar-refractivity contribution in [2.45, 2.75) is 43.0 Å². The van der Waals surface area contributed by atoms with Crippen LogP contribution in [0, 0.1) is 0 Å². The van der Waals surface area contributed by atoms with Crippen LogP contribution in [0.1, 0.15) is 38.3 Å². The van der Waals surface area contributed by atoms with Crippen molar-refractivity contribution in [3.05, 3.63) is 53.4 Å². The fourth-order valence-corrected chi connectivity index (χ4v) is 6.14. The fraction of sp³-hybridized carbons (Fsp3) is 0.476. The van der Waals surface area contributed by atoms with Crippen LogP contribution in [0.4, 0.5) is 0 Å². The Kier molecular flexibility index (Phi) is 7.45. The van der Waals surface area contributed by atoms with E-state index in [2.05, 4.69) is 9.62 Å². The summed E-state index contributed by atoms with van der Waals surface area (Å²) in [5, 5.41) is 1.76. The Bertz CT molecular complexity index is 873. The Hall–Kier alpha value is -1.74. The van der Waals surface area contributed by atoms with Gasteiger partial charge < -0.3 is 4.90 Å². The van der Waals surface area contributed by atoms with Crippen LogP contribution in [0.3, 0.4) is 0 Å². The normalized spacial score (nSPS) is 17.2. The van der Waals surface area contributed by atoms with Gasteiger partial charge in [-0.3, -0.25) is 9.69 Å². The number of hydrogen-bond donors (Lipinski definition) is 1. The number of benzene rings is 1. The number of piperidine rings is 1. The van der Waals surface area contributed by atoms with E-state index in [0.717, 1.165) is 5.56 Å². The first-order valence-corrected chi connectivity index (χ1v) is 12.5. The highest BCUT2D eigenvalue weighted by molar-refractivity contribution is 7.91. The third-order valence-electron chi connectivity index (χ3n) is 5.40. The summed E-state index contributed by atoms with van der Waals surface area (Å²) in [6.07, 6.45) is 1.36. The highest BCUT2D eigenvalue weighted by atomic mass is 32.2. The largest absolute Gasteiger partial charge is 0.342 e. The summed E-state index contributed by atoms with van der Waals surface area (Å²) in [4.78, 5) is 17.3. The highest BCUT2D eigenvalue weighted by Gasteiger charge is 2.34. The smallest absolute Gasteiger partial charge is 0.250 e. The number of rotatable bonds is 8. The summed E-state index contributed by atoms with van der Waals surface area (Å²) in [6, 6.07) is 12.8. The molecule has 0 saturated carbocycles. The second kappa shape index (κ2) is 9.84. The molecule has 1 aromatic heterocycles. The molecule has 0 spiro atoms. The number of nitrogens with zero attached hydrogens (tertiary/aromatic N) is 2. The molecule has 1 aliphatic heterocycles. The number of hydrogen-bond acceptors (Lipinski definition) is 5. The van der Waals surface area contributed by atoms with Crippen molar-refractivity contribution >= 4 is 27.3 Å². The van der Waals surface area contributed by atoms with Gasteiger partial charge in [-0.25, -0.2) is 13.1 Å². The van der Waals surface area contributed by atoms with E-state index in [1.807, 2.05) is 49.1 Å². The molecule has 1 aliphatic rings. The van der Waals surface area contributed by atoms with Crippen molar-refractivity contribution < 1.29 is 13.2 Å². The average Bonchev–Trinajstić information content (AvgIpc) is 3.27. The third kappa shape index (κ3) is 5.25. The van der Waals surface area contributed by atoms with E-state index in [-0.39, 0.29) is 18.0 Å². The van der Waals surface area contributed by atoms with E-state index in [1.165, 1.54) is 11.3 Å². The molecule has 29 heavy (non-hydrogen) atoms. The van der Waals surface area contributed by atoms with Crippen LogP contribution in [0.5, 0.6) is 0 Å². The first-order chi connectivity index (χ1) is 14.0. The quantitative estimate of drug-likeness (QED) is 0.692. The first kappa shape index (κ1) is 22.0. The summed E-state index contributed by atoms with van der Waals surface area (Å²) < 4.78 is 28.2. The van der Waals surface area contributed by atoms with Gasteiger partial charge in [-0.2, -0.15) is 0 Å². The van der Waals surface area contributed by atoms with Crippen LogP contribution in [0.25, 0.3) is 0 Å². The number of sulfonamides is 1. The van der Waals surface area contributed by atoms with Crippen molar-refractivity contribution in [2.75, 3.05) is 26.2 Å². The van der Waals surface area contributed by atoms with Crippen molar-refractivity contribution in [1.29, 1.82) is 0 Å². The lowest BCUT2D eigenvalue weighted by Gasteiger charge is -2.38. The molecule has 0 radical (unpaired) electrons. The molecule has 2 heterocycles. The van der Waals surface area contributed by atoms with E-state index in [9.17, 15) is 13.2 Å². The number of carbonyl (C=O) groups is 1. The van der Waals surface area contributed by atoms with Crippen molar-refractivity contribution in [3.8, 4) is 0 Å². The summed E-state index contributed by atoms with van der Waals surface area (Å²) >= 11 is 1.22. The van der Waals surface area contributed by atoms with Gasteiger partial charge in [0.1, 0.15) is 10.3 Å². The topological polar surface area (TPSA) is 69.7 Å². The van der Waals surface area contributed by atoms with Gasteiger partial charge in [0.15, 0.2) is 0 Å². The Morgan fingerprint density at radius 3 is 2.34 bits per heavy atom. The minimum atomic E-state index is -3.47. The number of amides is 1. The van der Waals surface area contributed by atoms with Gasteiger partial charge in [0.2, 0.25) is 15.9 Å². The number of likely N-dealkylation sites (N-methyl/N-ethyl adjacent to an activating group) is 1. The van der Waals surface area contributed by atoms with Crippen LogP contribution in [0.15, 0.2) is 52.1 Å². The number of carbonyl (C=O) groups excluding carboxylic acids is 1. The lowest BCUT2D eigenvalue weighted by atomic mass is 9.98. The zero-order valence-electron chi connectivity index (χ0n) is 17.0. The summed E-state index contributed by atoms with van der Waals surface area (Å²) in [7, 11) is -3.47. The average molecular weight is 436 g/mol. The second-order valence-electron chi connectivity index (χ2n) is 7.19. The predicted octanol–water partition coefficient (Wildman–Crippen LogP) is 3.10. The Labute approximate surface area is 177 Å². The van der Waals surface area contributed by atoms with Crippen molar-refractivity contribution in [1.82, 2.24) is 14.5 Å².